The number of carbonyl (C=O) groups excluding carboxylic acids is 2. The molecule has 2 aromatic rings. The van der Waals surface area contributed by atoms with Gasteiger partial charge in [0.1, 0.15) is 35.9 Å². The predicted molar refractivity (Wildman–Crippen MR) is 153 cm³/mol. The van der Waals surface area contributed by atoms with E-state index in [0.29, 0.717) is 11.3 Å². The van der Waals surface area contributed by atoms with E-state index in [0.717, 1.165) is 42.7 Å². The highest BCUT2D eigenvalue weighted by Crippen LogP contribution is 2.30. The highest BCUT2D eigenvalue weighted by Gasteiger charge is 2.32. The fourth-order valence-corrected chi connectivity index (χ4v) is 5.92. The number of hydrogen-bond acceptors (Lipinski definition) is 9. The number of unbranched alkanes of at least 4 members (excludes halogenated alkanes) is 3. The lowest BCUT2D eigenvalue weighted by Crippen LogP contribution is -2.47. The first-order chi connectivity index (χ1) is 19.2. The average Bonchev–Trinajstić information content (AvgIpc) is 3.59. The van der Waals surface area contributed by atoms with Crippen LogP contribution in [0.15, 0.2) is 36.4 Å². The number of amides is 1. The van der Waals surface area contributed by atoms with E-state index in [2.05, 4.69) is 31.2 Å². The Morgan fingerprint density at radius 3 is 2.40 bits per heavy atom. The molecule has 1 fully saturated rings. The molecule has 0 saturated carbocycles. The summed E-state index contributed by atoms with van der Waals surface area (Å²) in [4.78, 5) is 28.3. The fraction of sp³-hybridized carbons (Fsp3) is 0.600. The number of nitrogens with zero attached hydrogens (tertiary/aromatic N) is 1. The van der Waals surface area contributed by atoms with Gasteiger partial charge < -0.3 is 35.2 Å². The van der Waals surface area contributed by atoms with Gasteiger partial charge in [-0.15, -0.1) is 11.3 Å². The molecule has 3 rings (SSSR count). The largest absolute Gasteiger partial charge is 0.459 e. The Hall–Kier alpha value is -2.34. The molecule has 1 aromatic carbocycles. The van der Waals surface area contributed by atoms with Crippen LogP contribution in [0.4, 0.5) is 5.69 Å². The summed E-state index contributed by atoms with van der Waals surface area (Å²) in [6.45, 7) is 0.846. The van der Waals surface area contributed by atoms with Crippen molar-refractivity contribution in [1.29, 1.82) is 0 Å². The van der Waals surface area contributed by atoms with E-state index in [1.165, 1.54) is 42.6 Å². The number of hydrogen-bond donors (Lipinski definition) is 5. The maximum atomic E-state index is 12.7. The van der Waals surface area contributed by atoms with Gasteiger partial charge in [0.05, 0.1) is 6.61 Å². The fourth-order valence-electron chi connectivity index (χ4n) is 4.98. The minimum atomic E-state index is -1.79. The first kappa shape index (κ1) is 32.2. The third-order valence-corrected chi connectivity index (χ3v) is 8.52. The summed E-state index contributed by atoms with van der Waals surface area (Å²) in [5, 5.41) is 47.7. The van der Waals surface area contributed by atoms with E-state index >= 15 is 0 Å². The van der Waals surface area contributed by atoms with Crippen molar-refractivity contribution in [3.63, 3.8) is 0 Å². The summed E-state index contributed by atoms with van der Waals surface area (Å²) >= 11 is 1.29. The molecule has 0 aliphatic carbocycles. The topological polar surface area (TPSA) is 148 Å². The van der Waals surface area contributed by atoms with Crippen LogP contribution in [0.1, 0.15) is 78.4 Å². The lowest BCUT2D eigenvalue weighted by Gasteiger charge is -2.25. The summed E-state index contributed by atoms with van der Waals surface area (Å²) in [7, 11) is 0. The molecule has 1 aliphatic heterocycles. The van der Waals surface area contributed by atoms with Gasteiger partial charge in [-0.25, -0.2) is 4.79 Å². The molecule has 10 heteroatoms. The Bertz CT molecular complexity index is 1060. The highest BCUT2D eigenvalue weighted by atomic mass is 32.1. The first-order valence-corrected chi connectivity index (χ1v) is 15.1. The van der Waals surface area contributed by atoms with E-state index in [1.54, 1.807) is 6.07 Å². The normalized spacial score (nSPS) is 18.5. The van der Waals surface area contributed by atoms with Crippen molar-refractivity contribution in [1.82, 2.24) is 0 Å². The molecule has 5 atom stereocenters. The Labute approximate surface area is 240 Å². The highest BCUT2D eigenvalue weighted by molar-refractivity contribution is 7.13. The van der Waals surface area contributed by atoms with Crippen LogP contribution in [0.3, 0.4) is 0 Å². The summed E-state index contributed by atoms with van der Waals surface area (Å²) in [6, 6.07) is 12.0. The van der Waals surface area contributed by atoms with E-state index in [4.69, 9.17) is 9.84 Å². The number of rotatable bonds is 17. The van der Waals surface area contributed by atoms with Crippen molar-refractivity contribution in [3.8, 4) is 0 Å². The lowest BCUT2D eigenvalue weighted by atomic mass is 10.0. The van der Waals surface area contributed by atoms with Crippen LogP contribution in [0.25, 0.3) is 0 Å². The molecular formula is C30H43NO8S. The standard InChI is InChI=1S/C30H43NO8S/c1-2-3-4-5-7-20-10-12-22(13-11-20)31-21(14-17-27(31)35)8-6-9-23-15-16-26(40-23)30(38)39-19-25(34)29(37)28(36)24(33)18-32/h10-13,15-16,21,24-25,28-29,32-34,36-37H,2-9,14,17-19H2,1H3/t21-,24+,25+,28-,29+/m0/s1. The molecule has 0 unspecified atom stereocenters. The van der Waals surface area contributed by atoms with Crippen LogP contribution in [-0.2, 0) is 22.4 Å². The Morgan fingerprint density at radius 1 is 0.975 bits per heavy atom. The van der Waals surface area contributed by atoms with Crippen molar-refractivity contribution < 1.29 is 39.9 Å². The number of aliphatic hydroxyl groups excluding tert-OH is 5. The van der Waals surface area contributed by atoms with Crippen molar-refractivity contribution in [2.45, 2.75) is 102 Å². The van der Waals surface area contributed by atoms with Crippen LogP contribution >= 0.6 is 11.3 Å². The van der Waals surface area contributed by atoms with E-state index in [-0.39, 0.29) is 11.9 Å². The zero-order valence-electron chi connectivity index (χ0n) is 23.2. The number of ether oxygens (including phenoxy) is 1. The van der Waals surface area contributed by atoms with Gasteiger partial charge in [-0.2, -0.15) is 0 Å². The monoisotopic (exact) mass is 577 g/mol. The van der Waals surface area contributed by atoms with Gasteiger partial charge >= 0.3 is 5.97 Å². The third-order valence-electron chi connectivity index (χ3n) is 7.39. The number of esters is 1. The van der Waals surface area contributed by atoms with Crippen molar-refractivity contribution in [2.75, 3.05) is 18.1 Å². The Morgan fingerprint density at radius 2 is 1.70 bits per heavy atom. The summed E-state index contributed by atoms with van der Waals surface area (Å²) in [6.07, 6.45) is 3.01. The number of carbonyl (C=O) groups is 2. The SMILES string of the molecule is CCCCCCc1ccc(N2C(=O)CC[C@@H]2CCCc2ccc(C(=O)OC[C@@H](O)[C@@H](O)[C@@H](O)[C@H](O)CO)s2)cc1. The molecule has 2 heterocycles. The van der Waals surface area contributed by atoms with Crippen LogP contribution in [0.5, 0.6) is 0 Å². The van der Waals surface area contributed by atoms with E-state index in [9.17, 15) is 30.0 Å². The Balaban J connectivity index is 1.45. The second-order valence-corrected chi connectivity index (χ2v) is 11.7. The van der Waals surface area contributed by atoms with Gasteiger partial charge in [0, 0.05) is 23.0 Å². The molecule has 0 radical (unpaired) electrons. The molecule has 222 valence electrons. The molecule has 5 N–H and O–H groups in total. The van der Waals surface area contributed by atoms with E-state index in [1.807, 2.05) is 11.0 Å². The molecule has 1 amide bonds. The number of benzene rings is 1. The molecular weight excluding hydrogens is 534 g/mol. The second-order valence-electron chi connectivity index (χ2n) is 10.5. The molecule has 1 aliphatic rings. The van der Waals surface area contributed by atoms with Crippen molar-refractivity contribution in [3.05, 3.63) is 51.7 Å². The van der Waals surface area contributed by atoms with Gasteiger partial charge in [-0.1, -0.05) is 38.3 Å². The van der Waals surface area contributed by atoms with Gasteiger partial charge in [-0.05, 0) is 68.4 Å². The first-order valence-electron chi connectivity index (χ1n) is 14.2. The lowest BCUT2D eigenvalue weighted by molar-refractivity contribution is -0.124. The molecule has 1 saturated heterocycles. The van der Waals surface area contributed by atoms with Crippen LogP contribution in [-0.4, -0.2) is 81.1 Å². The molecule has 1 aromatic heterocycles. The molecule has 0 spiro atoms. The van der Waals surface area contributed by atoms with Crippen LogP contribution in [0, 0.1) is 0 Å². The Kier molecular flexibility index (Phi) is 13.0. The third kappa shape index (κ3) is 9.09. The van der Waals surface area contributed by atoms with Gasteiger partial charge in [0.2, 0.25) is 5.91 Å². The quantitative estimate of drug-likeness (QED) is 0.142. The number of aryl methyl sites for hydroxylation is 2. The van der Waals surface area contributed by atoms with Crippen LogP contribution in [0.2, 0.25) is 0 Å². The van der Waals surface area contributed by atoms with Crippen LogP contribution < -0.4 is 4.90 Å². The van der Waals surface area contributed by atoms with Crippen molar-refractivity contribution >= 4 is 28.9 Å². The van der Waals surface area contributed by atoms with Gasteiger partial charge in [0.15, 0.2) is 0 Å². The smallest absolute Gasteiger partial charge is 0.348 e. The maximum absolute atomic E-state index is 12.7. The van der Waals surface area contributed by atoms with Crippen molar-refractivity contribution in [2.24, 2.45) is 0 Å². The number of thiophene rings is 1. The molecule has 9 nitrogen and oxygen atoms in total. The average molecular weight is 578 g/mol. The predicted octanol–water partition coefficient (Wildman–Crippen LogP) is 2.98. The summed E-state index contributed by atoms with van der Waals surface area (Å²) in [5.74, 6) is -0.506. The summed E-state index contributed by atoms with van der Waals surface area (Å²) in [5.41, 5.74) is 2.26. The zero-order chi connectivity index (χ0) is 29.1. The zero-order valence-corrected chi connectivity index (χ0v) is 24.0. The second kappa shape index (κ2) is 16.2. The van der Waals surface area contributed by atoms with Gasteiger partial charge in [0.25, 0.3) is 0 Å². The summed E-state index contributed by atoms with van der Waals surface area (Å²) < 4.78 is 5.05. The van der Waals surface area contributed by atoms with Gasteiger partial charge in [-0.3, -0.25) is 4.79 Å². The minimum Gasteiger partial charge on any atom is -0.459 e. The minimum absolute atomic E-state index is 0.153. The maximum Gasteiger partial charge on any atom is 0.348 e. The number of anilines is 1. The van der Waals surface area contributed by atoms with E-state index < -0.39 is 43.6 Å². The molecule has 40 heavy (non-hydrogen) atoms. The number of aliphatic hydroxyl groups is 5. The molecule has 0 bridgehead atoms.